The third-order valence-electron chi connectivity index (χ3n) is 13.7. The number of benzene rings is 9. The summed E-state index contributed by atoms with van der Waals surface area (Å²) in [6, 6.07) is 69.2. The van der Waals surface area contributed by atoms with Crippen molar-refractivity contribution in [1.29, 1.82) is 0 Å². The van der Waals surface area contributed by atoms with Crippen LogP contribution in [0.1, 0.15) is 49.9 Å². The van der Waals surface area contributed by atoms with Gasteiger partial charge in [-0.05, 0) is 115 Å². The zero-order valence-corrected chi connectivity index (χ0v) is 34.3. The lowest BCUT2D eigenvalue weighted by Crippen LogP contribution is -2.18. The first-order chi connectivity index (χ1) is 29.3. The zero-order valence-electron chi connectivity index (χ0n) is 34.3. The molecule has 60 heavy (non-hydrogen) atoms. The standard InChI is InChI=1S/C58H43NO/c1-57(2)51-20-12-10-17-43(51)45-29-26-39(32-53(45)57)59(40-27-30-46-44-18-11-13-21-52(44)58(3,4)54(46)33-40)41-28-31-47-50-35-49(38-24-22-37(23-25-38)36-14-6-5-7-15-36)42-16-8-9-19-48(42)56(50)60-55(47)34-41/h5-35H,1-4H3. The first-order valence-corrected chi connectivity index (χ1v) is 21.1. The molecule has 1 heterocycles. The highest BCUT2D eigenvalue weighted by molar-refractivity contribution is 6.19. The Morgan fingerprint density at radius 2 is 0.817 bits per heavy atom. The number of anilines is 3. The molecule has 0 radical (unpaired) electrons. The molecule has 286 valence electrons. The lowest BCUT2D eigenvalue weighted by Gasteiger charge is -2.29. The Morgan fingerprint density at radius 3 is 1.45 bits per heavy atom. The maximum atomic E-state index is 6.97. The minimum absolute atomic E-state index is 0.126. The summed E-state index contributed by atoms with van der Waals surface area (Å²) in [5.41, 5.74) is 20.4. The van der Waals surface area contributed by atoms with Gasteiger partial charge in [-0.15, -0.1) is 0 Å². The van der Waals surface area contributed by atoms with E-state index in [1.165, 1.54) is 72.1 Å². The van der Waals surface area contributed by atoms with Gasteiger partial charge in [0.1, 0.15) is 11.2 Å². The molecule has 0 atom stereocenters. The number of furan rings is 1. The number of fused-ring (bicyclic) bond motifs is 11. The number of rotatable bonds is 5. The van der Waals surface area contributed by atoms with Gasteiger partial charge in [0.2, 0.25) is 0 Å². The van der Waals surface area contributed by atoms with Crippen LogP contribution in [0.2, 0.25) is 0 Å². The van der Waals surface area contributed by atoms with Gasteiger partial charge in [0.25, 0.3) is 0 Å². The molecule has 0 unspecified atom stereocenters. The second-order valence-electron chi connectivity index (χ2n) is 17.7. The second-order valence-corrected chi connectivity index (χ2v) is 17.7. The van der Waals surface area contributed by atoms with E-state index >= 15 is 0 Å². The van der Waals surface area contributed by atoms with Gasteiger partial charge in [0.15, 0.2) is 0 Å². The normalized spacial score (nSPS) is 14.3. The molecule has 2 aliphatic carbocycles. The maximum Gasteiger partial charge on any atom is 0.143 e. The fourth-order valence-electron chi connectivity index (χ4n) is 10.5. The van der Waals surface area contributed by atoms with E-state index in [4.69, 9.17) is 4.42 Å². The molecule has 2 nitrogen and oxygen atoms in total. The molecule has 12 rings (SSSR count). The van der Waals surface area contributed by atoms with Crippen LogP contribution in [0.4, 0.5) is 17.1 Å². The summed E-state index contributed by atoms with van der Waals surface area (Å²) >= 11 is 0. The molecule has 2 aliphatic rings. The van der Waals surface area contributed by atoms with Crippen molar-refractivity contribution in [2.45, 2.75) is 38.5 Å². The van der Waals surface area contributed by atoms with Gasteiger partial charge in [0, 0.05) is 50.1 Å². The van der Waals surface area contributed by atoms with Crippen LogP contribution in [0.3, 0.4) is 0 Å². The molecule has 2 heteroatoms. The molecule has 0 N–H and O–H groups in total. The topological polar surface area (TPSA) is 16.4 Å². The van der Waals surface area contributed by atoms with Gasteiger partial charge in [-0.25, -0.2) is 0 Å². The van der Waals surface area contributed by atoms with E-state index in [1.807, 2.05) is 0 Å². The smallest absolute Gasteiger partial charge is 0.143 e. The van der Waals surface area contributed by atoms with E-state index in [1.54, 1.807) is 0 Å². The monoisotopic (exact) mass is 769 g/mol. The molecule has 10 aromatic rings. The molecule has 1 aromatic heterocycles. The van der Waals surface area contributed by atoms with Crippen LogP contribution in [0.25, 0.3) is 77.2 Å². The molecule has 0 amide bonds. The van der Waals surface area contributed by atoms with Gasteiger partial charge >= 0.3 is 0 Å². The Hall–Kier alpha value is -7.16. The molecular formula is C58H43NO. The SMILES string of the molecule is CC1(C)c2ccccc2-c2ccc(N(c3ccc4c(c3)C(C)(C)c3ccccc3-4)c3ccc4c(c3)oc3c5ccccc5c(-c5ccc(-c6ccccc6)cc5)cc43)cc21. The minimum atomic E-state index is -0.126. The van der Waals surface area contributed by atoms with Crippen molar-refractivity contribution < 1.29 is 4.42 Å². The average molecular weight is 770 g/mol. The van der Waals surface area contributed by atoms with Crippen molar-refractivity contribution in [3.63, 3.8) is 0 Å². The lowest BCUT2D eigenvalue weighted by atomic mass is 9.82. The van der Waals surface area contributed by atoms with E-state index in [-0.39, 0.29) is 10.8 Å². The first-order valence-electron chi connectivity index (χ1n) is 21.1. The van der Waals surface area contributed by atoms with Crippen molar-refractivity contribution in [2.24, 2.45) is 0 Å². The molecular weight excluding hydrogens is 727 g/mol. The fraction of sp³-hybridized carbons (Fsp3) is 0.103. The van der Waals surface area contributed by atoms with Gasteiger partial charge in [0.05, 0.1) is 0 Å². The van der Waals surface area contributed by atoms with E-state index in [2.05, 4.69) is 221 Å². The Balaban J connectivity index is 1.03. The van der Waals surface area contributed by atoms with E-state index in [0.29, 0.717) is 0 Å². The molecule has 0 bridgehead atoms. The van der Waals surface area contributed by atoms with E-state index in [9.17, 15) is 0 Å². The Labute approximate surface area is 351 Å². The zero-order chi connectivity index (χ0) is 40.3. The highest BCUT2D eigenvalue weighted by Crippen LogP contribution is 2.53. The predicted octanol–water partition coefficient (Wildman–Crippen LogP) is 16.2. The lowest BCUT2D eigenvalue weighted by molar-refractivity contribution is 0.660. The van der Waals surface area contributed by atoms with Crippen LogP contribution >= 0.6 is 0 Å². The summed E-state index contributed by atoms with van der Waals surface area (Å²) in [5.74, 6) is 0. The van der Waals surface area contributed by atoms with E-state index < -0.39 is 0 Å². The molecule has 0 saturated carbocycles. The van der Waals surface area contributed by atoms with Crippen molar-refractivity contribution in [3.05, 3.63) is 210 Å². The van der Waals surface area contributed by atoms with Gasteiger partial charge < -0.3 is 9.32 Å². The Kier molecular flexibility index (Phi) is 7.36. The minimum Gasteiger partial charge on any atom is -0.455 e. The van der Waals surface area contributed by atoms with Crippen LogP contribution in [-0.2, 0) is 10.8 Å². The number of hydrogen-bond acceptors (Lipinski definition) is 2. The van der Waals surface area contributed by atoms with E-state index in [0.717, 1.165) is 44.4 Å². The second kappa shape index (κ2) is 12.7. The van der Waals surface area contributed by atoms with Gasteiger partial charge in [-0.1, -0.05) is 167 Å². The summed E-state index contributed by atoms with van der Waals surface area (Å²) in [7, 11) is 0. The third-order valence-corrected chi connectivity index (χ3v) is 13.7. The van der Waals surface area contributed by atoms with Crippen LogP contribution in [-0.4, -0.2) is 0 Å². The molecule has 0 saturated heterocycles. The van der Waals surface area contributed by atoms with Crippen LogP contribution in [0.15, 0.2) is 192 Å². The van der Waals surface area contributed by atoms with Crippen LogP contribution in [0, 0.1) is 0 Å². The highest BCUT2D eigenvalue weighted by Gasteiger charge is 2.37. The summed E-state index contributed by atoms with van der Waals surface area (Å²) in [5, 5.41) is 4.53. The van der Waals surface area contributed by atoms with Gasteiger partial charge in [-0.2, -0.15) is 0 Å². The summed E-state index contributed by atoms with van der Waals surface area (Å²) in [6.45, 7) is 9.43. The molecule has 0 aliphatic heterocycles. The van der Waals surface area contributed by atoms with Crippen LogP contribution in [0.5, 0.6) is 0 Å². The van der Waals surface area contributed by atoms with Gasteiger partial charge in [-0.3, -0.25) is 0 Å². The highest BCUT2D eigenvalue weighted by atomic mass is 16.3. The quantitative estimate of drug-likeness (QED) is 0.173. The molecule has 9 aromatic carbocycles. The Morgan fingerprint density at radius 1 is 0.333 bits per heavy atom. The third kappa shape index (κ3) is 5.01. The maximum absolute atomic E-state index is 6.97. The van der Waals surface area contributed by atoms with Crippen molar-refractivity contribution in [3.8, 4) is 44.5 Å². The summed E-state index contributed by atoms with van der Waals surface area (Å²) in [4.78, 5) is 2.43. The first kappa shape index (κ1) is 34.8. The van der Waals surface area contributed by atoms with Crippen LogP contribution < -0.4 is 4.90 Å². The summed E-state index contributed by atoms with van der Waals surface area (Å²) in [6.07, 6.45) is 0. The molecule has 0 spiro atoms. The Bertz CT molecular complexity index is 3260. The number of hydrogen-bond donors (Lipinski definition) is 0. The predicted molar refractivity (Wildman–Crippen MR) is 252 cm³/mol. The van der Waals surface area contributed by atoms with Crippen molar-refractivity contribution in [1.82, 2.24) is 0 Å². The van der Waals surface area contributed by atoms with Crippen molar-refractivity contribution >= 4 is 49.8 Å². The average Bonchev–Trinajstić information content (AvgIpc) is 3.86. The largest absolute Gasteiger partial charge is 0.455 e. The molecule has 0 fully saturated rings. The van der Waals surface area contributed by atoms with Crippen molar-refractivity contribution in [2.75, 3.05) is 4.90 Å². The number of nitrogens with zero attached hydrogens (tertiary/aromatic N) is 1. The summed E-state index contributed by atoms with van der Waals surface area (Å²) < 4.78 is 6.97. The fourth-order valence-corrected chi connectivity index (χ4v) is 10.5.